The molecule has 3 N–H and O–H groups in total. The van der Waals surface area contributed by atoms with Crippen molar-refractivity contribution in [3.05, 3.63) is 68.6 Å². The van der Waals surface area contributed by atoms with Gasteiger partial charge in [0.15, 0.2) is 0 Å². The van der Waals surface area contributed by atoms with E-state index in [9.17, 15) is 9.90 Å². The number of fused-ring (bicyclic) bond motifs is 1. The van der Waals surface area contributed by atoms with E-state index in [4.69, 9.17) is 11.6 Å². The maximum absolute atomic E-state index is 11.2. The Morgan fingerprint density at radius 2 is 1.70 bits per heavy atom. The zero-order chi connectivity index (χ0) is 14.3. The molecule has 1 unspecified atom stereocenters. The minimum absolute atomic E-state index is 0.259. The molecule has 102 valence electrons. The van der Waals surface area contributed by atoms with Crippen LogP contribution in [0.5, 0.6) is 0 Å². The van der Waals surface area contributed by atoms with Crippen LogP contribution in [0.15, 0.2) is 41.2 Å². The van der Waals surface area contributed by atoms with E-state index >= 15 is 0 Å². The van der Waals surface area contributed by atoms with Gasteiger partial charge in [-0.2, -0.15) is 0 Å². The lowest BCUT2D eigenvalue weighted by atomic mass is 10.00. The molecule has 0 aliphatic rings. The van der Waals surface area contributed by atoms with Crippen molar-refractivity contribution >= 4 is 22.6 Å². The van der Waals surface area contributed by atoms with Crippen molar-refractivity contribution in [3.8, 4) is 0 Å². The van der Waals surface area contributed by atoms with Crippen LogP contribution in [0.4, 0.5) is 0 Å². The molecule has 1 aromatic heterocycles. The van der Waals surface area contributed by atoms with Gasteiger partial charge in [0.1, 0.15) is 6.10 Å². The molecule has 0 aliphatic carbocycles. The Morgan fingerprint density at radius 1 is 1.05 bits per heavy atom. The van der Waals surface area contributed by atoms with E-state index in [1.807, 2.05) is 19.1 Å². The van der Waals surface area contributed by atoms with Crippen LogP contribution in [0.1, 0.15) is 22.8 Å². The number of nitrogens with one attached hydrogen (secondary N) is 2. The van der Waals surface area contributed by atoms with Crippen LogP contribution >= 0.6 is 11.6 Å². The van der Waals surface area contributed by atoms with Gasteiger partial charge in [0.05, 0.1) is 11.0 Å². The average Bonchev–Trinajstić information content (AvgIpc) is 2.80. The molecule has 0 bridgehead atoms. The van der Waals surface area contributed by atoms with Crippen molar-refractivity contribution in [2.45, 2.75) is 13.0 Å². The monoisotopic (exact) mass is 288 g/mol. The number of hydrogen-bond acceptors (Lipinski definition) is 2. The van der Waals surface area contributed by atoms with Gasteiger partial charge in [0.25, 0.3) is 0 Å². The molecule has 3 rings (SSSR count). The number of aryl methyl sites for hydroxylation is 1. The van der Waals surface area contributed by atoms with E-state index in [0.29, 0.717) is 21.6 Å². The molecule has 0 saturated carbocycles. The first kappa shape index (κ1) is 13.0. The number of rotatable bonds is 2. The van der Waals surface area contributed by atoms with Crippen LogP contribution in [0.25, 0.3) is 11.0 Å². The second kappa shape index (κ2) is 4.81. The third kappa shape index (κ3) is 2.24. The summed E-state index contributed by atoms with van der Waals surface area (Å²) in [7, 11) is 0. The molecule has 0 fully saturated rings. The summed E-state index contributed by atoms with van der Waals surface area (Å²) in [6, 6.07) is 10.8. The molecule has 4 nitrogen and oxygen atoms in total. The Bertz CT molecular complexity index is 835. The van der Waals surface area contributed by atoms with Crippen LogP contribution < -0.4 is 5.69 Å². The van der Waals surface area contributed by atoms with Crippen molar-refractivity contribution in [3.63, 3.8) is 0 Å². The molecule has 20 heavy (non-hydrogen) atoms. The van der Waals surface area contributed by atoms with Crippen molar-refractivity contribution in [2.75, 3.05) is 0 Å². The third-order valence-electron chi connectivity index (χ3n) is 3.37. The van der Waals surface area contributed by atoms with Crippen LogP contribution in [0, 0.1) is 6.92 Å². The fraction of sp³-hybridized carbons (Fsp3) is 0.133. The number of benzene rings is 2. The zero-order valence-electron chi connectivity index (χ0n) is 10.8. The number of aromatic amines is 2. The first-order valence-corrected chi connectivity index (χ1v) is 6.58. The molecule has 0 aliphatic heterocycles. The lowest BCUT2D eigenvalue weighted by Crippen LogP contribution is -2.00. The van der Waals surface area contributed by atoms with E-state index in [2.05, 4.69) is 9.97 Å². The highest BCUT2D eigenvalue weighted by Gasteiger charge is 2.12. The van der Waals surface area contributed by atoms with Crippen LogP contribution in [0.3, 0.4) is 0 Å². The molecule has 0 saturated heterocycles. The largest absolute Gasteiger partial charge is 0.384 e. The number of aliphatic hydroxyl groups is 1. The van der Waals surface area contributed by atoms with E-state index in [1.165, 1.54) is 0 Å². The van der Waals surface area contributed by atoms with Crippen LogP contribution in [0.2, 0.25) is 5.02 Å². The van der Waals surface area contributed by atoms with Gasteiger partial charge in [-0.15, -0.1) is 0 Å². The topological polar surface area (TPSA) is 68.9 Å². The minimum atomic E-state index is -0.782. The summed E-state index contributed by atoms with van der Waals surface area (Å²) >= 11 is 6.08. The first-order valence-electron chi connectivity index (χ1n) is 6.20. The Balaban J connectivity index is 2.04. The Morgan fingerprint density at radius 3 is 2.45 bits per heavy atom. The summed E-state index contributed by atoms with van der Waals surface area (Å²) < 4.78 is 0. The third-order valence-corrected chi connectivity index (χ3v) is 3.77. The highest BCUT2D eigenvalue weighted by Crippen LogP contribution is 2.27. The summed E-state index contributed by atoms with van der Waals surface area (Å²) in [6.07, 6.45) is -0.782. The Kier molecular flexibility index (Phi) is 3.12. The number of aromatic nitrogens is 2. The number of aliphatic hydroxyl groups excluding tert-OH is 1. The molecule has 0 radical (unpaired) electrons. The maximum atomic E-state index is 11.2. The first-order chi connectivity index (χ1) is 9.54. The van der Waals surface area contributed by atoms with Gasteiger partial charge in [-0.1, -0.05) is 29.8 Å². The number of halogens is 1. The smallest absolute Gasteiger partial charge is 0.323 e. The van der Waals surface area contributed by atoms with Crippen molar-refractivity contribution in [1.82, 2.24) is 9.97 Å². The van der Waals surface area contributed by atoms with Crippen LogP contribution in [-0.4, -0.2) is 15.1 Å². The fourth-order valence-electron chi connectivity index (χ4n) is 2.19. The lowest BCUT2D eigenvalue weighted by molar-refractivity contribution is 0.220. The highest BCUT2D eigenvalue weighted by molar-refractivity contribution is 6.31. The summed E-state index contributed by atoms with van der Waals surface area (Å²) in [5.41, 5.74) is 3.52. The quantitative estimate of drug-likeness (QED) is 0.679. The van der Waals surface area contributed by atoms with Crippen molar-refractivity contribution in [2.24, 2.45) is 0 Å². The molecule has 5 heteroatoms. The molecule has 3 aromatic rings. The lowest BCUT2D eigenvalue weighted by Gasteiger charge is -2.12. The number of hydrogen-bond donors (Lipinski definition) is 3. The SMILES string of the molecule is Cc1ccc(C(O)c2ccc3[nH]c(=O)[nH]c3c2)cc1Cl. The van der Waals surface area contributed by atoms with E-state index in [1.54, 1.807) is 24.3 Å². The van der Waals surface area contributed by atoms with Gasteiger partial charge in [-0.3, -0.25) is 0 Å². The van der Waals surface area contributed by atoms with Gasteiger partial charge in [-0.05, 0) is 41.8 Å². The Hall–Kier alpha value is -2.04. The van der Waals surface area contributed by atoms with Crippen molar-refractivity contribution in [1.29, 1.82) is 0 Å². The van der Waals surface area contributed by atoms with Crippen molar-refractivity contribution < 1.29 is 5.11 Å². The number of imidazole rings is 1. The average molecular weight is 289 g/mol. The Labute approximate surface area is 120 Å². The predicted molar refractivity (Wildman–Crippen MR) is 79.2 cm³/mol. The number of H-pyrrole nitrogens is 2. The molecule has 0 spiro atoms. The summed E-state index contributed by atoms with van der Waals surface area (Å²) in [4.78, 5) is 16.6. The second-order valence-corrected chi connectivity index (χ2v) is 5.20. The van der Waals surface area contributed by atoms with Crippen LogP contribution in [-0.2, 0) is 0 Å². The van der Waals surface area contributed by atoms with E-state index in [0.717, 1.165) is 11.1 Å². The molecular weight excluding hydrogens is 276 g/mol. The van der Waals surface area contributed by atoms with E-state index in [-0.39, 0.29) is 5.69 Å². The molecule has 1 atom stereocenters. The standard InChI is InChI=1S/C15H13ClN2O2/c1-8-2-3-9(6-11(8)16)14(19)10-4-5-12-13(7-10)18-15(20)17-12/h2-7,14,19H,1H3,(H2,17,18,20). The second-order valence-electron chi connectivity index (χ2n) is 4.80. The highest BCUT2D eigenvalue weighted by atomic mass is 35.5. The van der Waals surface area contributed by atoms with E-state index < -0.39 is 6.10 Å². The minimum Gasteiger partial charge on any atom is -0.384 e. The maximum Gasteiger partial charge on any atom is 0.323 e. The molecule has 0 amide bonds. The van der Waals surface area contributed by atoms with Gasteiger partial charge >= 0.3 is 5.69 Å². The molecule has 1 heterocycles. The van der Waals surface area contributed by atoms with Gasteiger partial charge in [0, 0.05) is 5.02 Å². The predicted octanol–water partition coefficient (Wildman–Crippen LogP) is 2.90. The van der Waals surface area contributed by atoms with Gasteiger partial charge in [0.2, 0.25) is 0 Å². The normalized spacial score (nSPS) is 12.8. The van der Waals surface area contributed by atoms with Gasteiger partial charge in [-0.25, -0.2) is 4.79 Å². The summed E-state index contributed by atoms with van der Waals surface area (Å²) in [5, 5.41) is 11.0. The summed E-state index contributed by atoms with van der Waals surface area (Å²) in [6.45, 7) is 1.91. The van der Waals surface area contributed by atoms with Gasteiger partial charge < -0.3 is 15.1 Å². The fourth-order valence-corrected chi connectivity index (χ4v) is 2.38. The zero-order valence-corrected chi connectivity index (χ0v) is 11.5. The molecule has 2 aromatic carbocycles. The summed E-state index contributed by atoms with van der Waals surface area (Å²) in [5.74, 6) is 0. The molecular formula is C15H13ClN2O2.